The van der Waals surface area contributed by atoms with E-state index in [-0.39, 0.29) is 11.4 Å². The first-order valence-corrected chi connectivity index (χ1v) is 9.09. The van der Waals surface area contributed by atoms with E-state index in [1.165, 1.54) is 6.07 Å². The van der Waals surface area contributed by atoms with E-state index in [4.69, 9.17) is 0 Å². The number of nitrogens with zero attached hydrogens (tertiary/aromatic N) is 5. The average molecular weight is 396 g/mol. The Balaban J connectivity index is 1.37. The summed E-state index contributed by atoms with van der Waals surface area (Å²) in [5.41, 5.74) is 0.943. The van der Waals surface area contributed by atoms with Crippen LogP contribution in [-0.2, 0) is 0 Å². The van der Waals surface area contributed by atoms with Gasteiger partial charge in [-0.15, -0.1) is 0 Å². The lowest BCUT2D eigenvalue weighted by Gasteiger charge is -2.35. The summed E-state index contributed by atoms with van der Waals surface area (Å²) in [6.45, 7) is 3.09. The minimum absolute atomic E-state index is 0.0958. The summed E-state index contributed by atoms with van der Waals surface area (Å²) < 4.78 is 26.7. The lowest BCUT2D eigenvalue weighted by molar-refractivity contribution is 0.102. The first-order chi connectivity index (χ1) is 14.1. The third-order valence-corrected chi connectivity index (χ3v) is 4.64. The Labute approximate surface area is 166 Å². The highest BCUT2D eigenvalue weighted by Crippen LogP contribution is 2.19. The van der Waals surface area contributed by atoms with Gasteiger partial charge in [0.1, 0.15) is 17.3 Å². The van der Waals surface area contributed by atoms with Gasteiger partial charge in [0, 0.05) is 44.6 Å². The van der Waals surface area contributed by atoms with Gasteiger partial charge in [-0.1, -0.05) is 0 Å². The number of aromatic nitrogens is 3. The largest absolute Gasteiger partial charge is 0.367 e. The molecule has 148 valence electrons. The van der Waals surface area contributed by atoms with Gasteiger partial charge in [0.15, 0.2) is 0 Å². The van der Waals surface area contributed by atoms with Crippen molar-refractivity contribution < 1.29 is 13.6 Å². The molecule has 0 radical (unpaired) electrons. The molecule has 0 bridgehead atoms. The number of benzene rings is 1. The maximum Gasteiger partial charge on any atom is 0.274 e. The minimum atomic E-state index is -0.838. The Morgan fingerprint density at radius 3 is 2.31 bits per heavy atom. The van der Waals surface area contributed by atoms with E-state index in [0.29, 0.717) is 12.0 Å². The molecule has 29 heavy (non-hydrogen) atoms. The van der Waals surface area contributed by atoms with Gasteiger partial charge < -0.3 is 15.1 Å². The van der Waals surface area contributed by atoms with Crippen LogP contribution in [0.15, 0.2) is 55.0 Å². The van der Waals surface area contributed by atoms with E-state index < -0.39 is 17.5 Å². The Kier molecular flexibility index (Phi) is 5.28. The Hall–Kier alpha value is -3.62. The molecule has 2 aromatic heterocycles. The molecule has 9 heteroatoms. The van der Waals surface area contributed by atoms with Gasteiger partial charge in [0.05, 0.1) is 17.6 Å². The Morgan fingerprint density at radius 2 is 1.66 bits per heavy atom. The van der Waals surface area contributed by atoms with E-state index >= 15 is 0 Å². The number of nitrogens with one attached hydrogen (secondary N) is 1. The van der Waals surface area contributed by atoms with E-state index in [1.54, 1.807) is 36.8 Å². The van der Waals surface area contributed by atoms with Gasteiger partial charge in [-0.3, -0.25) is 4.79 Å². The minimum Gasteiger partial charge on any atom is -0.367 e. The van der Waals surface area contributed by atoms with Crippen molar-refractivity contribution in [2.75, 3.05) is 41.3 Å². The highest BCUT2D eigenvalue weighted by atomic mass is 19.1. The highest BCUT2D eigenvalue weighted by molar-refractivity contribution is 6.03. The number of carbonyl (C=O) groups excluding carboxylic acids is 1. The number of anilines is 3. The SMILES string of the molecule is O=C(Nc1ccc(F)cc1F)c1ccc(N2CCN(c3ncccn3)CC2)cn1. The molecule has 1 amide bonds. The molecule has 0 saturated carbocycles. The third kappa shape index (κ3) is 4.29. The second-order valence-corrected chi connectivity index (χ2v) is 6.50. The molecule has 3 aromatic rings. The fourth-order valence-corrected chi connectivity index (χ4v) is 3.10. The molecule has 7 nitrogen and oxygen atoms in total. The van der Waals surface area contributed by atoms with Crippen molar-refractivity contribution in [3.05, 3.63) is 72.3 Å². The van der Waals surface area contributed by atoms with Crippen LogP contribution in [-0.4, -0.2) is 47.0 Å². The van der Waals surface area contributed by atoms with Crippen molar-refractivity contribution in [2.24, 2.45) is 0 Å². The second-order valence-electron chi connectivity index (χ2n) is 6.50. The quantitative estimate of drug-likeness (QED) is 0.731. The van der Waals surface area contributed by atoms with Crippen LogP contribution in [0.3, 0.4) is 0 Å². The molecule has 1 aliphatic heterocycles. The van der Waals surface area contributed by atoms with E-state index in [2.05, 4.69) is 30.1 Å². The predicted molar refractivity (Wildman–Crippen MR) is 105 cm³/mol. The number of carbonyl (C=O) groups is 1. The number of piperazine rings is 1. The van der Waals surface area contributed by atoms with Crippen LogP contribution in [0.2, 0.25) is 0 Å². The fourth-order valence-electron chi connectivity index (χ4n) is 3.10. The monoisotopic (exact) mass is 396 g/mol. The van der Waals surface area contributed by atoms with Gasteiger partial charge in [0.2, 0.25) is 5.95 Å². The Morgan fingerprint density at radius 1 is 0.931 bits per heavy atom. The van der Waals surface area contributed by atoms with Crippen molar-refractivity contribution in [3.63, 3.8) is 0 Å². The fraction of sp³-hybridized carbons (Fsp3) is 0.200. The summed E-state index contributed by atoms with van der Waals surface area (Å²) >= 11 is 0. The number of rotatable bonds is 4. The van der Waals surface area contributed by atoms with Crippen LogP contribution in [0, 0.1) is 11.6 Å². The first kappa shape index (κ1) is 18.7. The zero-order valence-corrected chi connectivity index (χ0v) is 15.4. The van der Waals surface area contributed by atoms with Gasteiger partial charge in [-0.25, -0.2) is 23.7 Å². The standard InChI is InChI=1S/C20H18F2N6O/c21-14-2-4-17(16(22)12-14)26-19(29)18-5-3-15(13-25-18)27-8-10-28(11-9-27)20-23-6-1-7-24-20/h1-7,12-13H,8-11H2,(H,26,29). The van der Waals surface area contributed by atoms with E-state index in [1.807, 2.05) is 0 Å². The first-order valence-electron chi connectivity index (χ1n) is 9.09. The van der Waals surface area contributed by atoms with Gasteiger partial charge >= 0.3 is 0 Å². The van der Waals surface area contributed by atoms with Gasteiger partial charge in [-0.05, 0) is 30.3 Å². The molecule has 0 unspecified atom stereocenters. The smallest absolute Gasteiger partial charge is 0.274 e. The van der Waals surface area contributed by atoms with Crippen LogP contribution >= 0.6 is 0 Å². The number of amides is 1. The lowest BCUT2D eigenvalue weighted by atomic mass is 10.2. The van der Waals surface area contributed by atoms with Gasteiger partial charge in [-0.2, -0.15) is 0 Å². The maximum atomic E-state index is 13.7. The van der Waals surface area contributed by atoms with Crippen molar-refractivity contribution in [2.45, 2.75) is 0 Å². The summed E-state index contributed by atoms with van der Waals surface area (Å²) in [6.07, 6.45) is 5.06. The topological polar surface area (TPSA) is 74.2 Å². The highest BCUT2D eigenvalue weighted by Gasteiger charge is 2.20. The summed E-state index contributed by atoms with van der Waals surface area (Å²) in [7, 11) is 0. The maximum absolute atomic E-state index is 13.7. The van der Waals surface area contributed by atoms with Crippen molar-refractivity contribution in [1.82, 2.24) is 15.0 Å². The van der Waals surface area contributed by atoms with Crippen molar-refractivity contribution in [3.8, 4) is 0 Å². The van der Waals surface area contributed by atoms with Crippen molar-refractivity contribution >= 4 is 23.2 Å². The molecule has 3 heterocycles. The zero-order valence-electron chi connectivity index (χ0n) is 15.4. The molecule has 1 N–H and O–H groups in total. The number of pyridine rings is 1. The molecule has 1 saturated heterocycles. The molecular formula is C20H18F2N6O. The zero-order chi connectivity index (χ0) is 20.2. The second kappa shape index (κ2) is 8.17. The van der Waals surface area contributed by atoms with Crippen LogP contribution in [0.1, 0.15) is 10.5 Å². The molecule has 1 fully saturated rings. The van der Waals surface area contributed by atoms with Gasteiger partial charge in [0.25, 0.3) is 5.91 Å². The summed E-state index contributed by atoms with van der Waals surface area (Å²) in [6, 6.07) is 8.14. The molecule has 0 aliphatic carbocycles. The number of hydrogen-bond donors (Lipinski definition) is 1. The molecule has 4 rings (SSSR count). The van der Waals surface area contributed by atoms with E-state index in [0.717, 1.165) is 37.9 Å². The lowest BCUT2D eigenvalue weighted by Crippen LogP contribution is -2.47. The average Bonchev–Trinajstić information content (AvgIpc) is 2.76. The number of hydrogen-bond acceptors (Lipinski definition) is 6. The molecular weight excluding hydrogens is 378 g/mol. The van der Waals surface area contributed by atoms with Crippen LogP contribution in [0.4, 0.5) is 26.1 Å². The van der Waals surface area contributed by atoms with Crippen LogP contribution in [0.25, 0.3) is 0 Å². The van der Waals surface area contributed by atoms with Crippen LogP contribution < -0.4 is 15.1 Å². The summed E-state index contributed by atoms with van der Waals surface area (Å²) in [5, 5.41) is 2.40. The van der Waals surface area contributed by atoms with Crippen LogP contribution in [0.5, 0.6) is 0 Å². The van der Waals surface area contributed by atoms with Crippen molar-refractivity contribution in [1.29, 1.82) is 0 Å². The molecule has 1 aliphatic rings. The van der Waals surface area contributed by atoms with E-state index in [9.17, 15) is 13.6 Å². The summed E-state index contributed by atoms with van der Waals surface area (Å²) in [4.78, 5) is 29.3. The summed E-state index contributed by atoms with van der Waals surface area (Å²) in [5.74, 6) is -1.39. The molecule has 1 aromatic carbocycles. The normalized spacial score (nSPS) is 14.0. The third-order valence-electron chi connectivity index (χ3n) is 4.64. The predicted octanol–water partition coefficient (Wildman–Crippen LogP) is 2.73. The molecule has 0 atom stereocenters. The Bertz CT molecular complexity index is 992. The number of halogens is 2. The molecule has 0 spiro atoms.